The average molecular weight is 420 g/mol. The summed E-state index contributed by atoms with van der Waals surface area (Å²) in [6, 6.07) is 3.27. The molecule has 150 valence electrons. The minimum Gasteiger partial charge on any atom is -0.385 e. The summed E-state index contributed by atoms with van der Waals surface area (Å²) in [4.78, 5) is 2.04. The fourth-order valence-electron chi connectivity index (χ4n) is 3.24. The highest BCUT2D eigenvalue weighted by Gasteiger charge is 2.40. The number of sulfone groups is 1. The molecule has 28 heavy (non-hydrogen) atoms. The van der Waals surface area contributed by atoms with Crippen LogP contribution >= 0.6 is 0 Å². The number of rotatable bonds is 4. The quantitative estimate of drug-likeness (QED) is 0.593. The molecule has 11 heteroatoms. The molecule has 2 aromatic rings. The molecular weight excluding hydrogens is 407 g/mol. The SMILES string of the molecule is [C-]#[N+]c1ccc(-n2cc(S(=O)(=O)C(F)F)c3c2CC[C@@H](F)[C@H]3O)cc1C(F)F. The number of halogens is 5. The maximum atomic E-state index is 13.9. The first kappa shape index (κ1) is 20.3. The second-order valence-electron chi connectivity index (χ2n) is 6.18. The minimum atomic E-state index is -5.18. The van der Waals surface area contributed by atoms with E-state index in [9.17, 15) is 35.5 Å². The Kier molecular flexibility index (Phi) is 5.20. The van der Waals surface area contributed by atoms with Gasteiger partial charge in [0.2, 0.25) is 9.84 Å². The zero-order valence-electron chi connectivity index (χ0n) is 14.0. The van der Waals surface area contributed by atoms with Gasteiger partial charge < -0.3 is 9.67 Å². The third kappa shape index (κ3) is 3.16. The smallest absolute Gasteiger partial charge is 0.341 e. The Morgan fingerprint density at radius 1 is 1.25 bits per heavy atom. The molecule has 0 unspecified atom stereocenters. The molecule has 2 atom stereocenters. The van der Waals surface area contributed by atoms with Crippen LogP contribution < -0.4 is 0 Å². The highest BCUT2D eigenvalue weighted by Crippen LogP contribution is 2.41. The van der Waals surface area contributed by atoms with Gasteiger partial charge in [-0.15, -0.1) is 0 Å². The number of alkyl halides is 5. The highest BCUT2D eigenvalue weighted by atomic mass is 32.2. The minimum absolute atomic E-state index is 0.0147. The van der Waals surface area contributed by atoms with Gasteiger partial charge in [-0.1, -0.05) is 6.07 Å². The molecular formula is C17H13F5N2O3S. The molecule has 0 spiro atoms. The molecule has 1 aromatic heterocycles. The molecule has 0 amide bonds. The van der Waals surface area contributed by atoms with E-state index >= 15 is 0 Å². The van der Waals surface area contributed by atoms with E-state index in [2.05, 4.69) is 4.85 Å². The first-order valence-electron chi connectivity index (χ1n) is 7.97. The van der Waals surface area contributed by atoms with Crippen LogP contribution in [-0.4, -0.2) is 30.0 Å². The number of aliphatic hydroxyl groups excluding tert-OH is 1. The van der Waals surface area contributed by atoms with E-state index in [4.69, 9.17) is 6.57 Å². The average Bonchev–Trinajstić information content (AvgIpc) is 3.05. The Morgan fingerprint density at radius 3 is 2.50 bits per heavy atom. The van der Waals surface area contributed by atoms with Crippen LogP contribution in [0.2, 0.25) is 0 Å². The number of fused-ring (bicyclic) bond motifs is 1. The van der Waals surface area contributed by atoms with E-state index in [1.54, 1.807) is 0 Å². The number of benzene rings is 1. The summed E-state index contributed by atoms with van der Waals surface area (Å²) in [6.45, 7) is 6.93. The lowest BCUT2D eigenvalue weighted by Gasteiger charge is -2.24. The number of aromatic nitrogens is 1. The van der Waals surface area contributed by atoms with Crippen molar-refractivity contribution in [1.82, 2.24) is 4.57 Å². The Morgan fingerprint density at radius 2 is 1.93 bits per heavy atom. The molecule has 0 aliphatic heterocycles. The summed E-state index contributed by atoms with van der Waals surface area (Å²) < 4.78 is 91.6. The molecule has 1 heterocycles. The molecule has 1 aromatic carbocycles. The number of hydrogen-bond donors (Lipinski definition) is 1. The molecule has 1 aliphatic rings. The van der Waals surface area contributed by atoms with E-state index in [0.29, 0.717) is 0 Å². The predicted molar refractivity (Wildman–Crippen MR) is 88.4 cm³/mol. The number of aliphatic hydroxyl groups is 1. The Hall–Kier alpha value is -2.45. The highest BCUT2D eigenvalue weighted by molar-refractivity contribution is 7.91. The molecule has 0 saturated carbocycles. The predicted octanol–water partition coefficient (Wildman–Crippen LogP) is 4.28. The Bertz CT molecular complexity index is 1060. The molecule has 5 nitrogen and oxygen atoms in total. The molecule has 0 fully saturated rings. The lowest BCUT2D eigenvalue weighted by atomic mass is 9.93. The van der Waals surface area contributed by atoms with Crippen molar-refractivity contribution in [3.63, 3.8) is 0 Å². The summed E-state index contributed by atoms with van der Waals surface area (Å²) in [7, 11) is -5.18. The maximum absolute atomic E-state index is 13.9. The van der Waals surface area contributed by atoms with Crippen LogP contribution in [0.25, 0.3) is 10.5 Å². The van der Waals surface area contributed by atoms with Crippen LogP contribution in [-0.2, 0) is 16.3 Å². The molecule has 3 rings (SSSR count). The monoisotopic (exact) mass is 420 g/mol. The van der Waals surface area contributed by atoms with Crippen molar-refractivity contribution in [2.45, 2.75) is 42.2 Å². The van der Waals surface area contributed by atoms with Crippen molar-refractivity contribution in [3.05, 3.63) is 52.6 Å². The summed E-state index contributed by atoms with van der Waals surface area (Å²) in [6.07, 6.45) is -6.31. The van der Waals surface area contributed by atoms with Crippen LogP contribution in [0.5, 0.6) is 0 Å². The fraction of sp³-hybridized carbons (Fsp3) is 0.353. The fourth-order valence-corrected chi connectivity index (χ4v) is 4.23. The van der Waals surface area contributed by atoms with E-state index in [1.807, 2.05) is 0 Å². The van der Waals surface area contributed by atoms with Crippen LogP contribution in [0.15, 0.2) is 29.3 Å². The standard InChI is InChI=1S/C17H13F5N2O3S/c1-23-11-4-2-8(6-9(11)16(19)20)24-7-13(28(26,27)17(21)22)14-12(24)5-3-10(18)15(14)25/h2,4,6-7,10,15-17,25H,3,5H2/t10-,15-/m1/s1. The van der Waals surface area contributed by atoms with E-state index < -0.39 is 50.3 Å². The summed E-state index contributed by atoms with van der Waals surface area (Å²) in [5, 5.41) is 10.1. The van der Waals surface area contributed by atoms with Gasteiger partial charge in [-0.05, 0) is 25.0 Å². The van der Waals surface area contributed by atoms with Gasteiger partial charge in [-0.3, -0.25) is 0 Å². The van der Waals surface area contributed by atoms with Crippen LogP contribution in [0.4, 0.5) is 27.6 Å². The normalized spacial score (nSPS) is 19.7. The molecule has 1 N–H and O–H groups in total. The van der Waals surface area contributed by atoms with Crippen LogP contribution in [0.3, 0.4) is 0 Å². The maximum Gasteiger partial charge on any atom is 0.341 e. The summed E-state index contributed by atoms with van der Waals surface area (Å²) in [5.74, 6) is -3.80. The largest absolute Gasteiger partial charge is 0.385 e. The van der Waals surface area contributed by atoms with Crippen molar-refractivity contribution in [2.75, 3.05) is 0 Å². The van der Waals surface area contributed by atoms with E-state index in [-0.39, 0.29) is 29.9 Å². The first-order valence-corrected chi connectivity index (χ1v) is 9.52. The second-order valence-corrected chi connectivity index (χ2v) is 8.07. The van der Waals surface area contributed by atoms with Gasteiger partial charge in [-0.2, -0.15) is 8.78 Å². The number of hydrogen-bond acceptors (Lipinski definition) is 3. The van der Waals surface area contributed by atoms with Crippen molar-refractivity contribution >= 4 is 15.5 Å². The topological polar surface area (TPSA) is 63.7 Å². The molecule has 1 aliphatic carbocycles. The number of nitrogens with zero attached hydrogens (tertiary/aromatic N) is 2. The molecule has 0 bridgehead atoms. The lowest BCUT2D eigenvalue weighted by molar-refractivity contribution is 0.0616. The van der Waals surface area contributed by atoms with Gasteiger partial charge in [0.25, 0.3) is 6.43 Å². The lowest BCUT2D eigenvalue weighted by Crippen LogP contribution is -2.24. The van der Waals surface area contributed by atoms with Crippen molar-refractivity contribution in [1.29, 1.82) is 0 Å². The van der Waals surface area contributed by atoms with Gasteiger partial charge in [0.15, 0.2) is 5.69 Å². The Labute approximate surface area is 156 Å². The van der Waals surface area contributed by atoms with Gasteiger partial charge in [0.1, 0.15) is 12.3 Å². The van der Waals surface area contributed by atoms with Crippen LogP contribution in [0, 0.1) is 6.57 Å². The van der Waals surface area contributed by atoms with Crippen molar-refractivity contribution in [3.8, 4) is 5.69 Å². The van der Waals surface area contributed by atoms with Gasteiger partial charge in [0, 0.05) is 28.7 Å². The summed E-state index contributed by atoms with van der Waals surface area (Å²) >= 11 is 0. The second kappa shape index (κ2) is 7.18. The van der Waals surface area contributed by atoms with Crippen molar-refractivity contribution < 1.29 is 35.5 Å². The van der Waals surface area contributed by atoms with Gasteiger partial charge >= 0.3 is 5.76 Å². The Balaban J connectivity index is 2.29. The van der Waals surface area contributed by atoms with Gasteiger partial charge in [-0.25, -0.2) is 26.4 Å². The zero-order chi connectivity index (χ0) is 20.8. The van der Waals surface area contributed by atoms with E-state index in [1.165, 1.54) is 6.07 Å². The molecule has 0 radical (unpaired) electrons. The third-order valence-electron chi connectivity index (χ3n) is 4.59. The van der Waals surface area contributed by atoms with Gasteiger partial charge in [0.05, 0.1) is 11.5 Å². The van der Waals surface area contributed by atoms with Crippen molar-refractivity contribution in [2.24, 2.45) is 0 Å². The van der Waals surface area contributed by atoms with Crippen LogP contribution in [0.1, 0.15) is 35.8 Å². The first-order chi connectivity index (χ1) is 13.1. The van der Waals surface area contributed by atoms with E-state index in [0.717, 1.165) is 22.9 Å². The third-order valence-corrected chi connectivity index (χ3v) is 6.00. The molecule has 0 saturated heterocycles. The zero-order valence-corrected chi connectivity index (χ0v) is 14.8. The summed E-state index contributed by atoms with van der Waals surface area (Å²) in [5.41, 5.74) is -1.40.